The van der Waals surface area contributed by atoms with Gasteiger partial charge in [0.1, 0.15) is 5.75 Å². The highest BCUT2D eigenvalue weighted by molar-refractivity contribution is 9.10. The van der Waals surface area contributed by atoms with Gasteiger partial charge in [-0.2, -0.15) is 0 Å². The molecular formula is C12H17BrN2O3S. The highest BCUT2D eigenvalue weighted by Gasteiger charge is 2.10. The lowest BCUT2D eigenvalue weighted by atomic mass is 10.3. The molecule has 0 heterocycles. The molecule has 19 heavy (non-hydrogen) atoms. The molecule has 0 unspecified atom stereocenters. The van der Waals surface area contributed by atoms with Crippen LogP contribution in [0, 0.1) is 0 Å². The van der Waals surface area contributed by atoms with E-state index >= 15 is 0 Å². The van der Waals surface area contributed by atoms with E-state index in [4.69, 9.17) is 4.74 Å². The van der Waals surface area contributed by atoms with E-state index in [1.165, 1.54) is 0 Å². The van der Waals surface area contributed by atoms with Crippen molar-refractivity contribution in [2.45, 2.75) is 13.0 Å². The maximum Gasteiger partial charge on any atom is 0.319 e. The van der Waals surface area contributed by atoms with E-state index in [-0.39, 0.29) is 12.1 Å². The van der Waals surface area contributed by atoms with Crippen LogP contribution in [0.5, 0.6) is 5.75 Å². The summed E-state index contributed by atoms with van der Waals surface area (Å²) < 4.78 is 16.8. The van der Waals surface area contributed by atoms with Gasteiger partial charge in [-0.1, -0.05) is 0 Å². The molecule has 0 saturated carbocycles. The fourth-order valence-electron chi connectivity index (χ4n) is 1.50. The lowest BCUT2D eigenvalue weighted by Gasteiger charge is -2.14. The topological polar surface area (TPSA) is 67.4 Å². The summed E-state index contributed by atoms with van der Waals surface area (Å²) >= 11 is 3.35. The number of rotatable bonds is 5. The number of methoxy groups -OCH3 is 1. The van der Waals surface area contributed by atoms with Crippen molar-refractivity contribution in [3.63, 3.8) is 0 Å². The molecule has 2 atom stereocenters. The van der Waals surface area contributed by atoms with Crippen LogP contribution in [0.1, 0.15) is 6.92 Å². The molecule has 2 amide bonds. The molecule has 0 aromatic heterocycles. The summed E-state index contributed by atoms with van der Waals surface area (Å²) in [5.74, 6) is 1.13. The van der Waals surface area contributed by atoms with E-state index in [2.05, 4.69) is 26.6 Å². The molecule has 0 fully saturated rings. The molecule has 1 aromatic carbocycles. The summed E-state index contributed by atoms with van der Waals surface area (Å²) in [6.07, 6.45) is 1.61. The quantitative estimate of drug-likeness (QED) is 0.858. The number of benzene rings is 1. The second kappa shape index (κ2) is 7.49. The summed E-state index contributed by atoms with van der Waals surface area (Å²) in [7, 11) is 0.642. The molecule has 0 radical (unpaired) electrons. The summed E-state index contributed by atoms with van der Waals surface area (Å²) in [5.41, 5.74) is 0.642. The molecule has 106 valence electrons. The zero-order valence-corrected chi connectivity index (χ0v) is 13.4. The highest BCUT2D eigenvalue weighted by Crippen LogP contribution is 2.26. The number of halogens is 1. The van der Waals surface area contributed by atoms with Crippen molar-refractivity contribution in [2.75, 3.05) is 24.4 Å². The van der Waals surface area contributed by atoms with Gasteiger partial charge in [0.2, 0.25) is 0 Å². The number of hydrogen-bond acceptors (Lipinski definition) is 3. The number of ether oxygens (including phenoxy) is 1. The van der Waals surface area contributed by atoms with Crippen LogP contribution < -0.4 is 15.4 Å². The lowest BCUT2D eigenvalue weighted by molar-refractivity contribution is 0.250. The first-order chi connectivity index (χ1) is 8.92. The second-order valence-corrected chi connectivity index (χ2v) is 6.42. The maximum atomic E-state index is 11.7. The Bertz CT molecular complexity index is 482. The van der Waals surface area contributed by atoms with E-state index in [1.54, 1.807) is 31.6 Å². The van der Waals surface area contributed by atoms with Crippen molar-refractivity contribution in [1.29, 1.82) is 0 Å². The first-order valence-corrected chi connectivity index (χ1v) is 8.15. The Hall–Kier alpha value is -1.08. The van der Waals surface area contributed by atoms with Crippen LogP contribution in [-0.2, 0) is 10.8 Å². The first-order valence-electron chi connectivity index (χ1n) is 5.63. The van der Waals surface area contributed by atoms with Crippen molar-refractivity contribution in [1.82, 2.24) is 5.32 Å². The zero-order chi connectivity index (χ0) is 14.4. The Kier molecular flexibility index (Phi) is 6.30. The van der Waals surface area contributed by atoms with Crippen molar-refractivity contribution in [3.8, 4) is 5.75 Å². The fourth-order valence-corrected chi connectivity index (χ4v) is 2.74. The molecular weight excluding hydrogens is 332 g/mol. The van der Waals surface area contributed by atoms with E-state index in [9.17, 15) is 9.00 Å². The maximum absolute atomic E-state index is 11.7. The molecule has 7 heteroatoms. The Morgan fingerprint density at radius 2 is 2.21 bits per heavy atom. The molecule has 0 aliphatic rings. The van der Waals surface area contributed by atoms with Crippen molar-refractivity contribution < 1.29 is 13.7 Å². The summed E-state index contributed by atoms with van der Waals surface area (Å²) in [6, 6.07) is 4.78. The van der Waals surface area contributed by atoms with Crippen LogP contribution in [0.3, 0.4) is 0 Å². The third kappa shape index (κ3) is 5.61. The van der Waals surface area contributed by atoms with Crippen molar-refractivity contribution in [2.24, 2.45) is 0 Å². The predicted molar refractivity (Wildman–Crippen MR) is 81.2 cm³/mol. The van der Waals surface area contributed by atoms with E-state index in [0.29, 0.717) is 17.2 Å². The number of hydrogen-bond donors (Lipinski definition) is 2. The van der Waals surface area contributed by atoms with Gasteiger partial charge in [-0.05, 0) is 41.1 Å². The van der Waals surface area contributed by atoms with Crippen LogP contribution in [-0.4, -0.2) is 35.4 Å². The van der Waals surface area contributed by atoms with Gasteiger partial charge in [0.05, 0.1) is 12.8 Å². The SMILES string of the molecule is COc1ccc(NC(=O)N[C@@H](C)C[S@@](C)=O)c(Br)c1. The number of carbonyl (C=O) groups excluding carboxylic acids is 1. The predicted octanol–water partition coefficient (Wildman–Crippen LogP) is 2.35. The number of carbonyl (C=O) groups is 1. The minimum absolute atomic E-state index is 0.150. The second-order valence-electron chi connectivity index (χ2n) is 4.09. The highest BCUT2D eigenvalue weighted by atomic mass is 79.9. The molecule has 0 aliphatic carbocycles. The number of anilines is 1. The first kappa shape index (κ1) is 16.0. The molecule has 2 N–H and O–H groups in total. The number of nitrogens with one attached hydrogen (secondary N) is 2. The van der Waals surface area contributed by atoms with Crippen LogP contribution in [0.25, 0.3) is 0 Å². The normalized spacial score (nSPS) is 13.5. The molecule has 1 aromatic rings. The third-order valence-corrected chi connectivity index (χ3v) is 3.91. The van der Waals surface area contributed by atoms with Crippen molar-refractivity contribution in [3.05, 3.63) is 22.7 Å². The van der Waals surface area contributed by atoms with Crippen LogP contribution in [0.2, 0.25) is 0 Å². The van der Waals surface area contributed by atoms with Gasteiger partial charge in [0.15, 0.2) is 0 Å². The zero-order valence-electron chi connectivity index (χ0n) is 11.0. The average Bonchev–Trinajstić information content (AvgIpc) is 2.30. The van der Waals surface area contributed by atoms with Crippen molar-refractivity contribution >= 4 is 38.4 Å². The van der Waals surface area contributed by atoms with Crippen LogP contribution in [0.4, 0.5) is 10.5 Å². The Labute approximate surface area is 123 Å². The van der Waals surface area contributed by atoms with E-state index in [1.807, 2.05) is 6.92 Å². The average molecular weight is 349 g/mol. The molecule has 0 spiro atoms. The van der Waals surface area contributed by atoms with Gasteiger partial charge in [0, 0.05) is 33.3 Å². The molecule has 0 bridgehead atoms. The minimum Gasteiger partial charge on any atom is -0.497 e. The van der Waals surface area contributed by atoms with Gasteiger partial charge in [0.25, 0.3) is 0 Å². The Morgan fingerprint density at radius 3 is 2.74 bits per heavy atom. The van der Waals surface area contributed by atoms with E-state index < -0.39 is 10.8 Å². The Morgan fingerprint density at radius 1 is 1.53 bits per heavy atom. The van der Waals surface area contributed by atoms with E-state index in [0.717, 1.165) is 4.47 Å². The van der Waals surface area contributed by atoms with Crippen LogP contribution in [0.15, 0.2) is 22.7 Å². The standard InChI is InChI=1S/C12H17BrN2O3S/c1-8(7-19(3)17)14-12(16)15-11-5-4-9(18-2)6-10(11)13/h4-6,8H,7H2,1-3H3,(H2,14,15,16)/t8-,19+/m0/s1. The number of amides is 2. The van der Waals surface area contributed by atoms with Crippen LogP contribution >= 0.6 is 15.9 Å². The Balaban J connectivity index is 2.59. The molecule has 5 nitrogen and oxygen atoms in total. The summed E-state index contributed by atoms with van der Waals surface area (Å²) in [4.78, 5) is 11.7. The lowest BCUT2D eigenvalue weighted by Crippen LogP contribution is -2.39. The third-order valence-electron chi connectivity index (χ3n) is 2.29. The van der Waals surface area contributed by atoms with Gasteiger partial charge in [-0.25, -0.2) is 4.79 Å². The molecule has 1 rings (SSSR count). The van der Waals surface area contributed by atoms with Gasteiger partial charge in [-0.15, -0.1) is 0 Å². The monoisotopic (exact) mass is 348 g/mol. The summed E-state index contributed by atoms with van der Waals surface area (Å²) in [5, 5.41) is 5.43. The minimum atomic E-state index is -0.936. The van der Waals surface area contributed by atoms with Gasteiger partial charge >= 0.3 is 6.03 Å². The van der Waals surface area contributed by atoms with Gasteiger partial charge in [-0.3, -0.25) is 4.21 Å². The molecule has 0 aliphatic heterocycles. The number of urea groups is 1. The van der Waals surface area contributed by atoms with Gasteiger partial charge < -0.3 is 15.4 Å². The smallest absolute Gasteiger partial charge is 0.319 e. The summed E-state index contributed by atoms with van der Waals surface area (Å²) in [6.45, 7) is 1.81. The largest absolute Gasteiger partial charge is 0.497 e. The molecule has 0 saturated heterocycles. The fraction of sp³-hybridized carbons (Fsp3) is 0.417.